The molecule has 15 heavy (non-hydrogen) atoms. The highest BCUT2D eigenvalue weighted by Gasteiger charge is 2.42. The standard InChI is InChI=1S/C11H12FNO2/c12-9-3-7-5-14-6-15-10(7)4-8(9)11(13)1-2-11/h3-4H,1-2,5-6,13H2. The first-order chi connectivity index (χ1) is 7.19. The minimum atomic E-state index is -0.458. The molecule has 1 aromatic rings. The lowest BCUT2D eigenvalue weighted by Crippen LogP contribution is -2.22. The van der Waals surface area contributed by atoms with Crippen molar-refractivity contribution in [3.63, 3.8) is 0 Å². The first-order valence-electron chi connectivity index (χ1n) is 5.01. The van der Waals surface area contributed by atoms with Crippen molar-refractivity contribution in [3.8, 4) is 5.75 Å². The zero-order valence-corrected chi connectivity index (χ0v) is 8.25. The van der Waals surface area contributed by atoms with Gasteiger partial charge in [0.1, 0.15) is 11.6 Å². The Morgan fingerprint density at radius 3 is 2.87 bits per heavy atom. The lowest BCUT2D eigenvalue weighted by molar-refractivity contribution is -0.0167. The van der Waals surface area contributed by atoms with E-state index in [2.05, 4.69) is 0 Å². The van der Waals surface area contributed by atoms with Crippen LogP contribution >= 0.6 is 0 Å². The van der Waals surface area contributed by atoms with E-state index >= 15 is 0 Å². The second-order valence-corrected chi connectivity index (χ2v) is 4.21. The molecule has 0 bridgehead atoms. The zero-order valence-electron chi connectivity index (χ0n) is 8.25. The van der Waals surface area contributed by atoms with E-state index in [0.29, 0.717) is 17.9 Å². The summed E-state index contributed by atoms with van der Waals surface area (Å²) in [5.74, 6) is 0.456. The van der Waals surface area contributed by atoms with Gasteiger partial charge < -0.3 is 15.2 Å². The van der Waals surface area contributed by atoms with E-state index in [-0.39, 0.29) is 12.6 Å². The molecule has 0 aromatic heterocycles. The fourth-order valence-electron chi connectivity index (χ4n) is 1.88. The van der Waals surface area contributed by atoms with Gasteiger partial charge in [0.25, 0.3) is 0 Å². The van der Waals surface area contributed by atoms with Crippen LogP contribution in [-0.4, -0.2) is 6.79 Å². The zero-order chi connectivity index (χ0) is 10.5. The monoisotopic (exact) mass is 209 g/mol. The summed E-state index contributed by atoms with van der Waals surface area (Å²) >= 11 is 0. The van der Waals surface area contributed by atoms with Crippen molar-refractivity contribution >= 4 is 0 Å². The summed E-state index contributed by atoms with van der Waals surface area (Å²) in [6.45, 7) is 0.639. The maximum Gasteiger partial charge on any atom is 0.189 e. The van der Waals surface area contributed by atoms with Crippen molar-refractivity contribution in [1.82, 2.24) is 0 Å². The molecule has 80 valence electrons. The van der Waals surface area contributed by atoms with Crippen LogP contribution in [0.4, 0.5) is 4.39 Å². The Kier molecular flexibility index (Phi) is 1.78. The van der Waals surface area contributed by atoms with Crippen LogP contribution in [0.3, 0.4) is 0 Å². The SMILES string of the molecule is NC1(c2cc3c(cc2F)COCO3)CC1. The molecular formula is C11H12FNO2. The van der Waals surface area contributed by atoms with Gasteiger partial charge in [-0.15, -0.1) is 0 Å². The van der Waals surface area contributed by atoms with E-state index in [1.54, 1.807) is 6.07 Å². The predicted octanol–water partition coefficient (Wildman–Crippen LogP) is 1.64. The molecule has 2 aliphatic rings. The van der Waals surface area contributed by atoms with E-state index in [1.165, 1.54) is 6.07 Å². The molecule has 0 atom stereocenters. The smallest absolute Gasteiger partial charge is 0.189 e. The first-order valence-corrected chi connectivity index (χ1v) is 5.01. The Morgan fingerprint density at radius 1 is 1.33 bits per heavy atom. The molecule has 3 rings (SSSR count). The molecule has 0 unspecified atom stereocenters. The highest BCUT2D eigenvalue weighted by Crippen LogP contribution is 2.45. The third-order valence-electron chi connectivity index (χ3n) is 3.03. The van der Waals surface area contributed by atoms with Gasteiger partial charge in [-0.1, -0.05) is 0 Å². The van der Waals surface area contributed by atoms with Crippen LogP contribution in [0.5, 0.6) is 5.75 Å². The van der Waals surface area contributed by atoms with Gasteiger partial charge >= 0.3 is 0 Å². The molecule has 1 heterocycles. The number of fused-ring (bicyclic) bond motifs is 1. The highest BCUT2D eigenvalue weighted by atomic mass is 19.1. The Bertz CT molecular complexity index is 415. The van der Waals surface area contributed by atoms with Crippen LogP contribution in [-0.2, 0) is 16.9 Å². The van der Waals surface area contributed by atoms with Crippen LogP contribution in [0.25, 0.3) is 0 Å². The molecule has 1 aliphatic heterocycles. The largest absolute Gasteiger partial charge is 0.467 e. The van der Waals surface area contributed by atoms with Crippen molar-refractivity contribution in [2.45, 2.75) is 25.0 Å². The lowest BCUT2D eigenvalue weighted by atomic mass is 10.0. The molecule has 4 heteroatoms. The first kappa shape index (κ1) is 9.12. The van der Waals surface area contributed by atoms with E-state index in [0.717, 1.165) is 18.4 Å². The van der Waals surface area contributed by atoms with Gasteiger partial charge in [0.2, 0.25) is 0 Å². The highest BCUT2D eigenvalue weighted by molar-refractivity contribution is 5.43. The summed E-state index contributed by atoms with van der Waals surface area (Å²) < 4.78 is 24.1. The van der Waals surface area contributed by atoms with E-state index in [1.807, 2.05) is 0 Å². The minimum Gasteiger partial charge on any atom is -0.467 e. The van der Waals surface area contributed by atoms with Crippen molar-refractivity contribution in [2.24, 2.45) is 5.73 Å². The summed E-state index contributed by atoms with van der Waals surface area (Å²) in [4.78, 5) is 0. The Hall–Kier alpha value is -1.13. The number of benzene rings is 1. The molecule has 0 amide bonds. The molecule has 0 radical (unpaired) electrons. The maximum absolute atomic E-state index is 13.7. The summed E-state index contributed by atoms with van der Waals surface area (Å²) in [5.41, 5.74) is 6.85. The van der Waals surface area contributed by atoms with Crippen LogP contribution < -0.4 is 10.5 Å². The summed E-state index contributed by atoms with van der Waals surface area (Å²) in [6.07, 6.45) is 1.69. The van der Waals surface area contributed by atoms with Crippen molar-refractivity contribution in [2.75, 3.05) is 6.79 Å². The Morgan fingerprint density at radius 2 is 2.13 bits per heavy atom. The molecule has 0 spiro atoms. The van der Waals surface area contributed by atoms with Crippen molar-refractivity contribution in [1.29, 1.82) is 0 Å². The molecule has 1 aliphatic carbocycles. The quantitative estimate of drug-likeness (QED) is 0.764. The van der Waals surface area contributed by atoms with Crippen molar-refractivity contribution in [3.05, 3.63) is 29.1 Å². The molecule has 0 saturated heterocycles. The lowest BCUT2D eigenvalue weighted by Gasteiger charge is -2.20. The van der Waals surface area contributed by atoms with Crippen LogP contribution in [0, 0.1) is 5.82 Å². The van der Waals surface area contributed by atoms with E-state index in [4.69, 9.17) is 15.2 Å². The molecule has 1 saturated carbocycles. The van der Waals surface area contributed by atoms with Crippen LogP contribution in [0.2, 0.25) is 0 Å². The van der Waals surface area contributed by atoms with E-state index < -0.39 is 5.54 Å². The third-order valence-corrected chi connectivity index (χ3v) is 3.03. The summed E-state index contributed by atoms with van der Waals surface area (Å²) in [5, 5.41) is 0. The number of hydrogen-bond donors (Lipinski definition) is 1. The van der Waals surface area contributed by atoms with E-state index in [9.17, 15) is 4.39 Å². The normalized spacial score (nSPS) is 21.7. The molecule has 1 aromatic carbocycles. The maximum atomic E-state index is 13.7. The number of ether oxygens (including phenoxy) is 2. The second-order valence-electron chi connectivity index (χ2n) is 4.21. The average molecular weight is 209 g/mol. The molecule has 2 N–H and O–H groups in total. The summed E-state index contributed by atoms with van der Waals surface area (Å²) in [7, 11) is 0. The van der Waals surface area contributed by atoms with Gasteiger partial charge in [0.15, 0.2) is 6.79 Å². The van der Waals surface area contributed by atoms with Crippen LogP contribution in [0.15, 0.2) is 12.1 Å². The fourth-order valence-corrected chi connectivity index (χ4v) is 1.88. The van der Waals surface area contributed by atoms with Crippen molar-refractivity contribution < 1.29 is 13.9 Å². The number of halogens is 1. The minimum absolute atomic E-state index is 0.232. The predicted molar refractivity (Wildman–Crippen MR) is 51.8 cm³/mol. The van der Waals surface area contributed by atoms with Gasteiger partial charge in [-0.25, -0.2) is 4.39 Å². The fraction of sp³-hybridized carbons (Fsp3) is 0.455. The Balaban J connectivity index is 2.08. The molecule has 1 fully saturated rings. The Labute approximate surface area is 87.0 Å². The topological polar surface area (TPSA) is 44.5 Å². The van der Waals surface area contributed by atoms with Crippen LogP contribution in [0.1, 0.15) is 24.0 Å². The average Bonchev–Trinajstić information content (AvgIpc) is 2.96. The molecule has 3 nitrogen and oxygen atoms in total. The van der Waals surface area contributed by atoms with Gasteiger partial charge in [0, 0.05) is 16.7 Å². The third kappa shape index (κ3) is 1.41. The number of hydrogen-bond acceptors (Lipinski definition) is 3. The van der Waals surface area contributed by atoms with Gasteiger partial charge in [0.05, 0.1) is 6.61 Å². The molecular weight excluding hydrogens is 197 g/mol. The second kappa shape index (κ2) is 2.93. The van der Waals surface area contributed by atoms with Gasteiger partial charge in [-0.3, -0.25) is 0 Å². The number of rotatable bonds is 1. The number of nitrogens with two attached hydrogens (primary N) is 1. The van der Waals surface area contributed by atoms with Gasteiger partial charge in [-0.05, 0) is 25.0 Å². The summed E-state index contributed by atoms with van der Waals surface area (Å²) in [6, 6.07) is 3.19. The van der Waals surface area contributed by atoms with Gasteiger partial charge in [-0.2, -0.15) is 0 Å².